The summed E-state index contributed by atoms with van der Waals surface area (Å²) in [5.41, 5.74) is 0. The second-order valence-electron chi connectivity index (χ2n) is 2.22. The molecule has 3 heteroatoms. The number of hydrogen-bond donors (Lipinski definition) is 0. The van der Waals surface area contributed by atoms with Gasteiger partial charge < -0.3 is 5.11 Å². The minimum atomic E-state index is 0. The van der Waals surface area contributed by atoms with E-state index in [-0.39, 0.29) is 58.0 Å². The van der Waals surface area contributed by atoms with Gasteiger partial charge in [-0.2, -0.15) is 0 Å². The zero-order valence-electron chi connectivity index (χ0n) is 6.86. The van der Waals surface area contributed by atoms with Crippen LogP contribution in [0.1, 0.15) is 32.1 Å². The molecule has 0 amide bonds. The summed E-state index contributed by atoms with van der Waals surface area (Å²) in [7, 11) is 3.40. The van der Waals surface area contributed by atoms with Gasteiger partial charge in [-0.05, 0) is 0 Å². The molecule has 0 saturated heterocycles. The van der Waals surface area contributed by atoms with E-state index in [4.69, 9.17) is 0 Å². The summed E-state index contributed by atoms with van der Waals surface area (Å²) in [6.07, 6.45) is 5.73. The van der Waals surface area contributed by atoms with E-state index in [0.29, 0.717) is 0 Å². The molecular weight excluding hydrogens is 167 g/mol. The molecule has 0 aromatic carbocycles. The van der Waals surface area contributed by atoms with Crippen LogP contribution in [-0.4, -0.2) is 16.8 Å². The van der Waals surface area contributed by atoms with Crippen molar-refractivity contribution in [3.63, 3.8) is 0 Å². The molecule has 0 unspecified atom stereocenters. The van der Waals surface area contributed by atoms with Crippen LogP contribution in [-0.2, 0) is 0 Å². The predicted octanol–water partition coefficient (Wildman–Crippen LogP) is -2.11. The van der Waals surface area contributed by atoms with Crippen molar-refractivity contribution in [2.24, 2.45) is 0 Å². The number of hydrogen-bond acceptors (Lipinski definition) is 1. The molecule has 0 saturated carbocycles. The Morgan fingerprint density at radius 1 is 0.900 bits per heavy atom. The van der Waals surface area contributed by atoms with E-state index >= 15 is 0 Å². The Bertz CT molecular complexity index is 46.9. The minimum absolute atomic E-state index is 0. The van der Waals surface area contributed by atoms with Crippen LogP contribution in [0, 0.1) is 0 Å². The molecule has 0 aromatic rings. The first-order valence-electron chi connectivity index (χ1n) is 3.64. The Hall–Kier alpha value is 1.81. The molecule has 0 aliphatic heterocycles. The van der Waals surface area contributed by atoms with E-state index in [1.165, 1.54) is 19.3 Å². The zero-order valence-corrected chi connectivity index (χ0v) is 11.0. The van der Waals surface area contributed by atoms with Gasteiger partial charge in [0.15, 0.2) is 0 Å². The Labute approximate surface area is 110 Å². The van der Waals surface area contributed by atoms with Gasteiger partial charge in [0.1, 0.15) is 0 Å². The van der Waals surface area contributed by atoms with Crippen molar-refractivity contribution in [2.75, 3.05) is 6.61 Å². The van der Waals surface area contributed by atoms with Crippen LogP contribution >= 0.6 is 0 Å². The van der Waals surface area contributed by atoms with Crippen LogP contribution in [0.25, 0.3) is 0 Å². The molecule has 0 bridgehead atoms. The maximum atomic E-state index is 9.95. The van der Waals surface area contributed by atoms with Crippen LogP contribution in [0.4, 0.5) is 0 Å². The molecule has 1 nitrogen and oxygen atoms in total. The van der Waals surface area contributed by atoms with Gasteiger partial charge >= 0.3 is 51.4 Å². The summed E-state index contributed by atoms with van der Waals surface area (Å²) < 4.78 is 0. The molecule has 0 spiro atoms. The molecule has 53 valence electrons. The summed E-state index contributed by atoms with van der Waals surface area (Å²) >= 11 is 0. The normalized spacial score (nSPS) is 9.00. The van der Waals surface area contributed by atoms with Crippen LogP contribution < -0.4 is 56.5 Å². The summed E-state index contributed by atoms with van der Waals surface area (Å²) in [6.45, 7) is 0.105. The maximum Gasteiger partial charge on any atom is 1.00 e. The molecular formula is C7H14KOSi. The molecule has 0 aliphatic carbocycles. The van der Waals surface area contributed by atoms with Crippen molar-refractivity contribution in [1.29, 1.82) is 0 Å². The van der Waals surface area contributed by atoms with Crippen molar-refractivity contribution in [2.45, 2.75) is 38.1 Å². The fourth-order valence-corrected chi connectivity index (χ4v) is 1.01. The van der Waals surface area contributed by atoms with Gasteiger partial charge in [0.2, 0.25) is 0 Å². The summed E-state index contributed by atoms with van der Waals surface area (Å²) in [5, 5.41) is 9.95. The second kappa shape index (κ2) is 13.4. The van der Waals surface area contributed by atoms with E-state index < -0.39 is 0 Å². The summed E-state index contributed by atoms with van der Waals surface area (Å²) in [4.78, 5) is 0. The smallest absolute Gasteiger partial charge is 0.854 e. The average Bonchev–Trinajstić information content (AvgIpc) is 1.89. The standard InChI is InChI=1S/C7H14OSi.K/c8-6-4-2-1-3-5-7-9;/h1-7H2;/q-1;+1. The molecule has 0 fully saturated rings. The van der Waals surface area contributed by atoms with E-state index in [1.807, 2.05) is 0 Å². The van der Waals surface area contributed by atoms with Gasteiger partial charge in [0.05, 0.1) is 0 Å². The van der Waals surface area contributed by atoms with Gasteiger partial charge in [-0.1, -0.05) is 38.1 Å². The van der Waals surface area contributed by atoms with Gasteiger partial charge in [-0.25, -0.2) is 0 Å². The minimum Gasteiger partial charge on any atom is -0.854 e. The van der Waals surface area contributed by atoms with Crippen LogP contribution in [0.3, 0.4) is 0 Å². The Morgan fingerprint density at radius 3 is 1.90 bits per heavy atom. The Morgan fingerprint density at radius 2 is 1.40 bits per heavy atom. The van der Waals surface area contributed by atoms with E-state index in [9.17, 15) is 5.11 Å². The molecule has 0 heterocycles. The van der Waals surface area contributed by atoms with Crippen molar-refractivity contribution < 1.29 is 56.5 Å². The number of unbranched alkanes of at least 4 members (excludes halogenated alkanes) is 4. The zero-order chi connectivity index (χ0) is 6.95. The quantitative estimate of drug-likeness (QED) is 0.340. The Kier molecular flexibility index (Phi) is 19.2. The largest absolute Gasteiger partial charge is 1.00 e. The van der Waals surface area contributed by atoms with Gasteiger partial charge in [-0.3, -0.25) is 0 Å². The third-order valence-electron chi connectivity index (χ3n) is 1.32. The first kappa shape index (κ1) is 14.3. The Balaban J connectivity index is 0. The molecule has 10 heavy (non-hydrogen) atoms. The van der Waals surface area contributed by atoms with Gasteiger partial charge in [-0.15, -0.1) is 6.61 Å². The second-order valence-corrected chi connectivity index (χ2v) is 2.72. The molecule has 3 radical (unpaired) electrons. The molecule has 0 rings (SSSR count). The van der Waals surface area contributed by atoms with Gasteiger partial charge in [0.25, 0.3) is 0 Å². The van der Waals surface area contributed by atoms with Crippen LogP contribution in [0.15, 0.2) is 0 Å². The monoisotopic (exact) mass is 181 g/mol. The predicted molar refractivity (Wildman–Crippen MR) is 38.5 cm³/mol. The van der Waals surface area contributed by atoms with E-state index in [2.05, 4.69) is 10.2 Å². The maximum absolute atomic E-state index is 9.95. The summed E-state index contributed by atoms with van der Waals surface area (Å²) in [6, 6.07) is 1.09. The van der Waals surface area contributed by atoms with Crippen LogP contribution in [0.2, 0.25) is 6.04 Å². The van der Waals surface area contributed by atoms with Crippen molar-refractivity contribution in [1.82, 2.24) is 0 Å². The first-order valence-corrected chi connectivity index (χ1v) is 4.35. The third-order valence-corrected chi connectivity index (χ3v) is 1.67. The average molecular weight is 181 g/mol. The SMILES string of the molecule is [K+].[O-]CCCCCCC[Si]. The first-order chi connectivity index (χ1) is 4.41. The molecule has 0 aromatic heterocycles. The molecule has 0 N–H and O–H groups in total. The van der Waals surface area contributed by atoms with E-state index in [0.717, 1.165) is 18.9 Å². The summed E-state index contributed by atoms with van der Waals surface area (Å²) in [5.74, 6) is 0. The fourth-order valence-electron chi connectivity index (χ4n) is 0.757. The number of rotatable bonds is 6. The fraction of sp³-hybridized carbons (Fsp3) is 1.00. The van der Waals surface area contributed by atoms with Crippen LogP contribution in [0.5, 0.6) is 0 Å². The molecule has 0 atom stereocenters. The van der Waals surface area contributed by atoms with E-state index in [1.54, 1.807) is 0 Å². The molecule has 0 aliphatic rings. The third kappa shape index (κ3) is 12.5. The topological polar surface area (TPSA) is 23.1 Å². The van der Waals surface area contributed by atoms with Crippen molar-refractivity contribution in [3.8, 4) is 0 Å². The van der Waals surface area contributed by atoms with Gasteiger partial charge in [0, 0.05) is 10.2 Å². The van der Waals surface area contributed by atoms with Crippen molar-refractivity contribution >= 4 is 10.2 Å². The van der Waals surface area contributed by atoms with Crippen molar-refractivity contribution in [3.05, 3.63) is 0 Å².